The summed E-state index contributed by atoms with van der Waals surface area (Å²) in [4.78, 5) is 4.24. The summed E-state index contributed by atoms with van der Waals surface area (Å²) in [6.45, 7) is 3.18. The van der Waals surface area contributed by atoms with Crippen molar-refractivity contribution in [3.8, 4) is 0 Å². The van der Waals surface area contributed by atoms with Gasteiger partial charge in [0.1, 0.15) is 0 Å². The Balaban J connectivity index is 1.67. The maximum absolute atomic E-state index is 12.0. The molecule has 0 radical (unpaired) electrons. The Morgan fingerprint density at radius 2 is 1.96 bits per heavy atom. The lowest BCUT2D eigenvalue weighted by Crippen LogP contribution is -2.47. The highest BCUT2D eigenvalue weighted by Crippen LogP contribution is 2.28. The standard InChI is InChI=1S/C17H34N4O2S2/c1-3-24-16-9-5-8-15(12-16)21-17(18-2)19-10-11-25(22,23)20-13-14-6-4-7-14/h14-16,20H,3-13H2,1-2H3,(H2,18,19,21). The average Bonchev–Trinajstić information content (AvgIpc) is 2.53. The summed E-state index contributed by atoms with van der Waals surface area (Å²) in [5.74, 6) is 2.49. The molecule has 0 aromatic rings. The molecule has 0 aliphatic heterocycles. The van der Waals surface area contributed by atoms with E-state index in [0.29, 0.717) is 31.0 Å². The first kappa shape index (κ1) is 20.8. The molecule has 0 spiro atoms. The van der Waals surface area contributed by atoms with Crippen LogP contribution in [0.1, 0.15) is 51.9 Å². The van der Waals surface area contributed by atoms with Crippen LogP contribution in [0.25, 0.3) is 0 Å². The van der Waals surface area contributed by atoms with Crippen molar-refractivity contribution in [1.29, 1.82) is 0 Å². The van der Waals surface area contributed by atoms with Crippen LogP contribution in [0, 0.1) is 5.92 Å². The molecule has 25 heavy (non-hydrogen) atoms. The number of hydrogen-bond acceptors (Lipinski definition) is 4. The lowest BCUT2D eigenvalue weighted by molar-refractivity contribution is 0.316. The third kappa shape index (κ3) is 7.74. The highest BCUT2D eigenvalue weighted by Gasteiger charge is 2.23. The van der Waals surface area contributed by atoms with E-state index in [1.54, 1.807) is 7.05 Å². The van der Waals surface area contributed by atoms with Gasteiger partial charge in [-0.25, -0.2) is 13.1 Å². The molecule has 146 valence electrons. The normalized spacial score (nSPS) is 25.4. The van der Waals surface area contributed by atoms with Gasteiger partial charge in [-0.05, 0) is 43.8 Å². The van der Waals surface area contributed by atoms with Crippen LogP contribution in [-0.4, -0.2) is 57.3 Å². The van der Waals surface area contributed by atoms with E-state index in [4.69, 9.17) is 0 Å². The molecule has 2 atom stereocenters. The van der Waals surface area contributed by atoms with Crippen LogP contribution in [0.2, 0.25) is 0 Å². The minimum absolute atomic E-state index is 0.0827. The Morgan fingerprint density at radius 3 is 2.60 bits per heavy atom. The molecule has 6 nitrogen and oxygen atoms in total. The lowest BCUT2D eigenvalue weighted by Gasteiger charge is -2.30. The van der Waals surface area contributed by atoms with Crippen molar-refractivity contribution in [3.05, 3.63) is 0 Å². The maximum Gasteiger partial charge on any atom is 0.213 e. The number of guanidine groups is 1. The van der Waals surface area contributed by atoms with Gasteiger partial charge >= 0.3 is 0 Å². The van der Waals surface area contributed by atoms with E-state index >= 15 is 0 Å². The molecular weight excluding hydrogens is 356 g/mol. The van der Waals surface area contributed by atoms with Crippen LogP contribution in [0.3, 0.4) is 0 Å². The highest BCUT2D eigenvalue weighted by molar-refractivity contribution is 7.99. The van der Waals surface area contributed by atoms with Gasteiger partial charge in [0.25, 0.3) is 0 Å². The average molecular weight is 391 g/mol. The van der Waals surface area contributed by atoms with E-state index in [-0.39, 0.29) is 5.75 Å². The number of hydrogen-bond donors (Lipinski definition) is 3. The number of thioether (sulfide) groups is 1. The summed E-state index contributed by atoms with van der Waals surface area (Å²) in [5.41, 5.74) is 0. The highest BCUT2D eigenvalue weighted by atomic mass is 32.2. The monoisotopic (exact) mass is 390 g/mol. The molecule has 0 heterocycles. The zero-order chi connectivity index (χ0) is 18.1. The topological polar surface area (TPSA) is 82.6 Å². The summed E-state index contributed by atoms with van der Waals surface area (Å²) in [7, 11) is -1.47. The van der Waals surface area contributed by atoms with E-state index in [2.05, 4.69) is 27.3 Å². The smallest absolute Gasteiger partial charge is 0.213 e. The fraction of sp³-hybridized carbons (Fsp3) is 0.941. The molecule has 2 rings (SSSR count). The molecule has 2 saturated carbocycles. The van der Waals surface area contributed by atoms with Crippen molar-refractivity contribution in [1.82, 2.24) is 15.4 Å². The molecule has 0 aromatic carbocycles. The molecule has 2 fully saturated rings. The maximum atomic E-state index is 12.0. The second kappa shape index (κ2) is 10.6. The Labute approximate surface area is 157 Å². The summed E-state index contributed by atoms with van der Waals surface area (Å²) in [6.07, 6.45) is 8.38. The van der Waals surface area contributed by atoms with Crippen molar-refractivity contribution in [3.63, 3.8) is 0 Å². The molecule has 0 bridgehead atoms. The van der Waals surface area contributed by atoms with Crippen LogP contribution >= 0.6 is 11.8 Å². The molecule has 2 aliphatic carbocycles. The van der Waals surface area contributed by atoms with Gasteiger partial charge in [-0.2, -0.15) is 11.8 Å². The third-order valence-electron chi connectivity index (χ3n) is 5.07. The van der Waals surface area contributed by atoms with Gasteiger partial charge in [-0.1, -0.05) is 19.8 Å². The number of sulfonamides is 1. The Morgan fingerprint density at radius 1 is 1.20 bits per heavy atom. The second-order valence-electron chi connectivity index (χ2n) is 7.05. The molecule has 0 aromatic heterocycles. The van der Waals surface area contributed by atoms with Crippen LogP contribution in [-0.2, 0) is 10.0 Å². The van der Waals surface area contributed by atoms with E-state index in [9.17, 15) is 8.42 Å². The number of nitrogens with one attached hydrogen (secondary N) is 3. The van der Waals surface area contributed by atoms with E-state index in [1.807, 2.05) is 11.8 Å². The first-order chi connectivity index (χ1) is 12.0. The van der Waals surface area contributed by atoms with Crippen LogP contribution in [0.4, 0.5) is 0 Å². The minimum Gasteiger partial charge on any atom is -0.355 e. The first-order valence-electron chi connectivity index (χ1n) is 9.58. The molecule has 0 saturated heterocycles. The van der Waals surface area contributed by atoms with E-state index < -0.39 is 10.0 Å². The van der Waals surface area contributed by atoms with Crippen molar-refractivity contribution in [2.24, 2.45) is 10.9 Å². The predicted molar refractivity (Wildman–Crippen MR) is 108 cm³/mol. The third-order valence-corrected chi connectivity index (χ3v) is 7.65. The zero-order valence-electron chi connectivity index (χ0n) is 15.6. The SMILES string of the molecule is CCSC1CCCC(NC(=NC)NCCS(=O)(=O)NCC2CCC2)C1. The fourth-order valence-corrected chi connectivity index (χ4v) is 5.55. The Bertz CT molecular complexity index is 519. The number of rotatable bonds is 9. The van der Waals surface area contributed by atoms with Gasteiger partial charge in [0.05, 0.1) is 5.75 Å². The van der Waals surface area contributed by atoms with Gasteiger partial charge in [0, 0.05) is 31.4 Å². The van der Waals surface area contributed by atoms with Crippen molar-refractivity contribution in [2.45, 2.75) is 63.2 Å². The molecule has 8 heteroatoms. The van der Waals surface area contributed by atoms with E-state index in [1.165, 1.54) is 19.3 Å². The molecule has 3 N–H and O–H groups in total. The Kier molecular flexibility index (Phi) is 8.85. The number of aliphatic imine (C=N–C) groups is 1. The van der Waals surface area contributed by atoms with Gasteiger partial charge in [-0.3, -0.25) is 4.99 Å². The van der Waals surface area contributed by atoms with Crippen LogP contribution in [0.5, 0.6) is 0 Å². The van der Waals surface area contributed by atoms with Crippen LogP contribution < -0.4 is 15.4 Å². The van der Waals surface area contributed by atoms with E-state index in [0.717, 1.165) is 36.7 Å². The largest absolute Gasteiger partial charge is 0.355 e. The van der Waals surface area contributed by atoms with Crippen molar-refractivity contribution >= 4 is 27.7 Å². The van der Waals surface area contributed by atoms with Gasteiger partial charge in [0.15, 0.2) is 5.96 Å². The minimum atomic E-state index is -3.20. The number of nitrogens with zero attached hydrogens (tertiary/aromatic N) is 1. The molecular formula is C17H34N4O2S2. The first-order valence-corrected chi connectivity index (χ1v) is 12.3. The lowest BCUT2D eigenvalue weighted by atomic mass is 9.86. The summed E-state index contributed by atoms with van der Waals surface area (Å²) < 4.78 is 26.8. The Hall–Kier alpha value is -0.470. The summed E-state index contributed by atoms with van der Waals surface area (Å²) in [5, 5.41) is 7.33. The molecule has 0 amide bonds. The fourth-order valence-electron chi connectivity index (χ4n) is 3.37. The molecule has 2 aliphatic rings. The molecule has 2 unspecified atom stereocenters. The van der Waals surface area contributed by atoms with Gasteiger partial charge < -0.3 is 10.6 Å². The zero-order valence-corrected chi connectivity index (χ0v) is 17.2. The van der Waals surface area contributed by atoms with Crippen LogP contribution in [0.15, 0.2) is 4.99 Å². The second-order valence-corrected chi connectivity index (χ2v) is 10.6. The van der Waals surface area contributed by atoms with Gasteiger partial charge in [0.2, 0.25) is 10.0 Å². The van der Waals surface area contributed by atoms with Crippen molar-refractivity contribution < 1.29 is 8.42 Å². The quantitative estimate of drug-likeness (QED) is 0.414. The van der Waals surface area contributed by atoms with Gasteiger partial charge in [-0.15, -0.1) is 0 Å². The summed E-state index contributed by atoms with van der Waals surface area (Å²) in [6, 6.07) is 0.428. The van der Waals surface area contributed by atoms with Crippen molar-refractivity contribution in [2.75, 3.05) is 31.6 Å². The predicted octanol–water partition coefficient (Wildman–Crippen LogP) is 1.94. The summed E-state index contributed by atoms with van der Waals surface area (Å²) >= 11 is 2.04.